The Balaban J connectivity index is 1.72. The van der Waals surface area contributed by atoms with E-state index < -0.39 is 0 Å². The predicted octanol–water partition coefficient (Wildman–Crippen LogP) is 2.42. The number of aromatic nitrogens is 2. The van der Waals surface area contributed by atoms with Crippen molar-refractivity contribution in [2.75, 3.05) is 43.3 Å². The molecule has 0 spiro atoms. The SMILES string of the molecule is COc1cc(OC)cc(N2CCC(Nc3ncnc(N)c3Cl)C2)c1. The molecule has 128 valence electrons. The fourth-order valence-corrected chi connectivity index (χ4v) is 2.92. The Morgan fingerprint density at radius 2 is 1.92 bits per heavy atom. The van der Waals surface area contributed by atoms with Crippen molar-refractivity contribution in [3.05, 3.63) is 29.5 Å². The molecule has 0 radical (unpaired) electrons. The van der Waals surface area contributed by atoms with Gasteiger partial charge in [-0.2, -0.15) is 0 Å². The van der Waals surface area contributed by atoms with E-state index in [1.807, 2.05) is 18.2 Å². The van der Waals surface area contributed by atoms with E-state index in [2.05, 4.69) is 20.2 Å². The van der Waals surface area contributed by atoms with Crippen LogP contribution in [0.3, 0.4) is 0 Å². The summed E-state index contributed by atoms with van der Waals surface area (Å²) in [4.78, 5) is 10.3. The molecule has 1 saturated heterocycles. The minimum Gasteiger partial charge on any atom is -0.497 e. The van der Waals surface area contributed by atoms with Crippen molar-refractivity contribution >= 4 is 28.9 Å². The highest BCUT2D eigenvalue weighted by Crippen LogP contribution is 2.31. The Hall–Kier alpha value is -2.41. The summed E-state index contributed by atoms with van der Waals surface area (Å²) < 4.78 is 10.7. The second kappa shape index (κ2) is 7.00. The lowest BCUT2D eigenvalue weighted by molar-refractivity contribution is 0.394. The monoisotopic (exact) mass is 349 g/mol. The van der Waals surface area contributed by atoms with Crippen LogP contribution in [0.2, 0.25) is 5.02 Å². The van der Waals surface area contributed by atoms with E-state index in [9.17, 15) is 0 Å². The molecule has 7 nitrogen and oxygen atoms in total. The van der Waals surface area contributed by atoms with Crippen molar-refractivity contribution in [3.63, 3.8) is 0 Å². The summed E-state index contributed by atoms with van der Waals surface area (Å²) in [6.45, 7) is 1.72. The summed E-state index contributed by atoms with van der Waals surface area (Å²) in [5.74, 6) is 2.39. The Morgan fingerprint density at radius 3 is 2.58 bits per heavy atom. The van der Waals surface area contributed by atoms with Gasteiger partial charge in [0.2, 0.25) is 0 Å². The van der Waals surface area contributed by atoms with Crippen molar-refractivity contribution in [2.24, 2.45) is 0 Å². The van der Waals surface area contributed by atoms with E-state index in [0.717, 1.165) is 36.7 Å². The van der Waals surface area contributed by atoms with Gasteiger partial charge in [-0.3, -0.25) is 0 Å². The van der Waals surface area contributed by atoms with E-state index in [1.54, 1.807) is 14.2 Å². The van der Waals surface area contributed by atoms with Crippen molar-refractivity contribution in [1.29, 1.82) is 0 Å². The molecule has 1 unspecified atom stereocenters. The third kappa shape index (κ3) is 3.41. The average molecular weight is 350 g/mol. The van der Waals surface area contributed by atoms with Crippen LogP contribution in [0, 0.1) is 0 Å². The molecule has 1 aromatic heterocycles. The topological polar surface area (TPSA) is 85.5 Å². The van der Waals surface area contributed by atoms with Crippen LogP contribution in [0.25, 0.3) is 0 Å². The predicted molar refractivity (Wildman–Crippen MR) is 95.2 cm³/mol. The van der Waals surface area contributed by atoms with Gasteiger partial charge in [0.15, 0.2) is 5.82 Å². The molecular weight excluding hydrogens is 330 g/mol. The molecule has 0 aliphatic carbocycles. The van der Waals surface area contributed by atoms with Crippen LogP contribution in [-0.4, -0.2) is 43.3 Å². The van der Waals surface area contributed by atoms with Gasteiger partial charge in [-0.05, 0) is 6.42 Å². The molecule has 0 saturated carbocycles. The van der Waals surface area contributed by atoms with Gasteiger partial charge < -0.3 is 25.4 Å². The first-order valence-electron chi connectivity index (χ1n) is 7.61. The van der Waals surface area contributed by atoms with Gasteiger partial charge >= 0.3 is 0 Å². The summed E-state index contributed by atoms with van der Waals surface area (Å²) in [6, 6.07) is 6.08. The molecule has 1 aromatic carbocycles. The molecule has 1 fully saturated rings. The van der Waals surface area contributed by atoms with Gasteiger partial charge in [0, 0.05) is 43.0 Å². The molecule has 0 amide bonds. The quantitative estimate of drug-likeness (QED) is 0.857. The van der Waals surface area contributed by atoms with Gasteiger partial charge in [0.05, 0.1) is 14.2 Å². The molecule has 2 heterocycles. The van der Waals surface area contributed by atoms with Crippen LogP contribution >= 0.6 is 11.6 Å². The maximum atomic E-state index is 6.15. The minimum atomic E-state index is 0.217. The molecule has 24 heavy (non-hydrogen) atoms. The van der Waals surface area contributed by atoms with E-state index in [-0.39, 0.29) is 11.9 Å². The molecular formula is C16H20ClN5O2. The molecule has 2 aromatic rings. The average Bonchev–Trinajstić information content (AvgIpc) is 3.07. The number of nitrogens with zero attached hydrogens (tertiary/aromatic N) is 3. The maximum Gasteiger partial charge on any atom is 0.150 e. The number of methoxy groups -OCH3 is 2. The first kappa shape index (κ1) is 16.4. The second-order valence-electron chi connectivity index (χ2n) is 5.57. The number of halogens is 1. The zero-order chi connectivity index (χ0) is 17.1. The summed E-state index contributed by atoms with van der Waals surface area (Å²) in [5.41, 5.74) is 6.77. The summed E-state index contributed by atoms with van der Waals surface area (Å²) in [7, 11) is 3.29. The van der Waals surface area contributed by atoms with Gasteiger partial charge in [-0.15, -0.1) is 0 Å². The third-order valence-electron chi connectivity index (χ3n) is 4.05. The number of nitrogen functional groups attached to an aromatic ring is 1. The maximum absolute atomic E-state index is 6.15. The number of hydrogen-bond acceptors (Lipinski definition) is 7. The van der Waals surface area contributed by atoms with Crippen molar-refractivity contribution < 1.29 is 9.47 Å². The lowest BCUT2D eigenvalue weighted by atomic mass is 10.2. The Labute approximate surface area is 145 Å². The standard InChI is InChI=1S/C16H20ClN5O2/c1-23-12-5-11(6-13(7-12)24-2)22-4-3-10(8-22)21-16-14(17)15(18)19-9-20-16/h5-7,9-10H,3-4,8H2,1-2H3,(H3,18,19,20,21). The normalized spacial score (nSPS) is 17.0. The van der Waals surface area contributed by atoms with Crippen LogP contribution in [0.15, 0.2) is 24.5 Å². The smallest absolute Gasteiger partial charge is 0.150 e. The van der Waals surface area contributed by atoms with E-state index in [0.29, 0.717) is 10.8 Å². The highest BCUT2D eigenvalue weighted by Gasteiger charge is 2.24. The summed E-state index contributed by atoms with van der Waals surface area (Å²) >= 11 is 6.15. The third-order valence-corrected chi connectivity index (χ3v) is 4.42. The Kier molecular flexibility index (Phi) is 4.80. The van der Waals surface area contributed by atoms with Gasteiger partial charge in [0.25, 0.3) is 0 Å². The van der Waals surface area contributed by atoms with E-state index in [4.69, 9.17) is 26.8 Å². The number of anilines is 3. The van der Waals surface area contributed by atoms with Crippen molar-refractivity contribution in [1.82, 2.24) is 9.97 Å². The number of nitrogens with two attached hydrogens (primary N) is 1. The van der Waals surface area contributed by atoms with E-state index in [1.165, 1.54) is 6.33 Å². The highest BCUT2D eigenvalue weighted by molar-refractivity contribution is 6.35. The summed E-state index contributed by atoms with van der Waals surface area (Å²) in [5, 5.41) is 3.70. The first-order chi connectivity index (χ1) is 11.6. The molecule has 1 atom stereocenters. The number of hydrogen-bond donors (Lipinski definition) is 2. The molecule has 1 aliphatic heterocycles. The molecule has 1 aliphatic rings. The van der Waals surface area contributed by atoms with Crippen LogP contribution in [0.5, 0.6) is 11.5 Å². The largest absolute Gasteiger partial charge is 0.497 e. The van der Waals surface area contributed by atoms with Crippen LogP contribution in [-0.2, 0) is 0 Å². The van der Waals surface area contributed by atoms with Crippen LogP contribution < -0.4 is 25.4 Å². The molecule has 3 N–H and O–H groups in total. The molecule has 8 heteroatoms. The Bertz CT molecular complexity index is 705. The zero-order valence-electron chi connectivity index (χ0n) is 13.6. The van der Waals surface area contributed by atoms with Crippen LogP contribution in [0.1, 0.15) is 6.42 Å². The number of nitrogens with one attached hydrogen (secondary N) is 1. The lowest BCUT2D eigenvalue weighted by Crippen LogP contribution is -2.26. The fourth-order valence-electron chi connectivity index (χ4n) is 2.77. The molecule has 3 rings (SSSR count). The van der Waals surface area contributed by atoms with Gasteiger partial charge in [0.1, 0.15) is 28.7 Å². The van der Waals surface area contributed by atoms with Crippen molar-refractivity contribution in [2.45, 2.75) is 12.5 Å². The highest BCUT2D eigenvalue weighted by atomic mass is 35.5. The number of benzene rings is 1. The number of rotatable bonds is 5. The zero-order valence-corrected chi connectivity index (χ0v) is 14.4. The Morgan fingerprint density at radius 1 is 1.21 bits per heavy atom. The lowest BCUT2D eigenvalue weighted by Gasteiger charge is -2.21. The van der Waals surface area contributed by atoms with Crippen molar-refractivity contribution in [3.8, 4) is 11.5 Å². The van der Waals surface area contributed by atoms with Gasteiger partial charge in [-0.1, -0.05) is 11.6 Å². The summed E-state index contributed by atoms with van der Waals surface area (Å²) in [6.07, 6.45) is 2.36. The first-order valence-corrected chi connectivity index (χ1v) is 7.99. The molecule has 0 bridgehead atoms. The van der Waals surface area contributed by atoms with E-state index >= 15 is 0 Å². The fraction of sp³-hybridized carbons (Fsp3) is 0.375. The second-order valence-corrected chi connectivity index (χ2v) is 5.95. The van der Waals surface area contributed by atoms with Crippen LogP contribution in [0.4, 0.5) is 17.3 Å². The minimum absolute atomic E-state index is 0.217. The number of ether oxygens (including phenoxy) is 2. The van der Waals surface area contributed by atoms with Gasteiger partial charge in [-0.25, -0.2) is 9.97 Å².